The largest absolute Gasteiger partial charge is 0.460 e. The predicted molar refractivity (Wildman–Crippen MR) is 61.1 cm³/mol. The van der Waals surface area contributed by atoms with Crippen molar-refractivity contribution in [3.63, 3.8) is 0 Å². The van der Waals surface area contributed by atoms with Crippen LogP contribution in [-0.4, -0.2) is 29.7 Å². The summed E-state index contributed by atoms with van der Waals surface area (Å²) in [6, 6.07) is 2.82. The van der Waals surface area contributed by atoms with Gasteiger partial charge in [0.1, 0.15) is 0 Å². The number of aryl methyl sites for hydroxylation is 2. The molecule has 0 unspecified atom stereocenters. The van der Waals surface area contributed by atoms with Crippen molar-refractivity contribution in [1.82, 2.24) is 0 Å². The van der Waals surface area contributed by atoms with E-state index < -0.39 is 35.3 Å². The summed E-state index contributed by atoms with van der Waals surface area (Å²) >= 11 is 0. The molecular weight excluding hydrogens is 343 g/mol. The van der Waals surface area contributed by atoms with E-state index in [2.05, 4.69) is 0 Å². The summed E-state index contributed by atoms with van der Waals surface area (Å²) in [5, 5.41) is 0. The van der Waals surface area contributed by atoms with Crippen LogP contribution in [0.15, 0.2) is 18.2 Å². The van der Waals surface area contributed by atoms with Gasteiger partial charge in [0.2, 0.25) is 5.78 Å². The molecule has 0 heterocycles. The van der Waals surface area contributed by atoms with Gasteiger partial charge in [-0.3, -0.25) is 4.79 Å². The molecule has 1 aromatic carbocycles. The number of hydrogen-bond acceptors (Lipinski definition) is 1. The van der Waals surface area contributed by atoms with Crippen molar-refractivity contribution in [2.45, 2.75) is 37.8 Å². The fraction of sp³-hybridized carbons (Fsp3) is 0.462. The van der Waals surface area contributed by atoms with Crippen LogP contribution in [0.4, 0.5) is 39.5 Å². The smallest absolute Gasteiger partial charge is 0.287 e. The van der Waals surface area contributed by atoms with Gasteiger partial charge in [0, 0.05) is 5.56 Å². The van der Waals surface area contributed by atoms with Gasteiger partial charge in [-0.15, -0.1) is 0 Å². The third-order valence-electron chi connectivity index (χ3n) is 3.06. The van der Waals surface area contributed by atoms with Gasteiger partial charge in [0.15, 0.2) is 0 Å². The topological polar surface area (TPSA) is 17.1 Å². The lowest BCUT2D eigenvalue weighted by Gasteiger charge is -2.32. The van der Waals surface area contributed by atoms with Gasteiger partial charge in [-0.25, -0.2) is 0 Å². The molecule has 0 amide bonds. The first kappa shape index (κ1) is 19.3. The van der Waals surface area contributed by atoms with E-state index in [4.69, 9.17) is 0 Å². The van der Waals surface area contributed by atoms with Crippen LogP contribution < -0.4 is 0 Å². The second kappa shape index (κ2) is 5.41. The van der Waals surface area contributed by atoms with Gasteiger partial charge in [-0.1, -0.05) is 23.8 Å². The minimum absolute atomic E-state index is 0.263. The number of carbonyl (C=O) groups is 1. The molecule has 0 radical (unpaired) electrons. The third-order valence-corrected chi connectivity index (χ3v) is 3.06. The maximum Gasteiger partial charge on any atom is 0.460 e. The summed E-state index contributed by atoms with van der Waals surface area (Å²) in [6.07, 6.45) is -6.96. The summed E-state index contributed by atoms with van der Waals surface area (Å²) in [6.45, 7) is 2.52. The lowest BCUT2D eigenvalue weighted by atomic mass is 9.93. The van der Waals surface area contributed by atoms with Crippen molar-refractivity contribution >= 4 is 5.78 Å². The second-order valence-corrected chi connectivity index (χ2v) is 4.87. The fourth-order valence-corrected chi connectivity index (χ4v) is 1.76. The lowest BCUT2D eigenvalue weighted by molar-refractivity contribution is -0.386. The van der Waals surface area contributed by atoms with E-state index in [9.17, 15) is 44.3 Å². The van der Waals surface area contributed by atoms with Crippen molar-refractivity contribution < 1.29 is 44.3 Å². The van der Waals surface area contributed by atoms with E-state index in [0.29, 0.717) is 11.6 Å². The molecule has 0 fully saturated rings. The molecule has 1 aromatic rings. The number of halogens is 9. The number of rotatable bonds is 4. The highest BCUT2D eigenvalue weighted by molar-refractivity contribution is 6.03. The summed E-state index contributed by atoms with van der Waals surface area (Å²) in [5.74, 6) is -23.1. The van der Waals surface area contributed by atoms with E-state index in [0.717, 1.165) is 19.1 Å². The standard InChI is InChI=1S/C13H9F9O/c1-6-3-4-8(7(2)5-6)9(23)10(14,15)11(16,17)12(18,19)13(20,21)22/h3-5H,1-2H3. The van der Waals surface area contributed by atoms with Crippen LogP contribution in [0.3, 0.4) is 0 Å². The van der Waals surface area contributed by atoms with Crippen LogP contribution in [0.2, 0.25) is 0 Å². The summed E-state index contributed by atoms with van der Waals surface area (Å²) < 4.78 is 115. The van der Waals surface area contributed by atoms with E-state index in [-0.39, 0.29) is 5.56 Å². The number of hydrogen-bond donors (Lipinski definition) is 0. The van der Waals surface area contributed by atoms with Gasteiger partial charge in [0.25, 0.3) is 0 Å². The molecule has 0 saturated carbocycles. The Bertz CT molecular complexity index is 616. The SMILES string of the molecule is Cc1ccc(C(=O)C(F)(F)C(F)(F)C(F)(F)C(F)(F)F)c(C)c1. The first-order valence-corrected chi connectivity index (χ1v) is 5.89. The molecule has 1 rings (SSSR count). The molecule has 1 nitrogen and oxygen atoms in total. The molecule has 0 aliphatic carbocycles. The number of Topliss-reactive ketones (excluding diaryl/α,β-unsaturated/α-hetero) is 1. The Hall–Kier alpha value is -1.74. The van der Waals surface area contributed by atoms with Crippen LogP contribution in [-0.2, 0) is 0 Å². The highest BCUT2D eigenvalue weighted by atomic mass is 19.4. The van der Waals surface area contributed by atoms with Gasteiger partial charge < -0.3 is 0 Å². The van der Waals surface area contributed by atoms with E-state index in [1.807, 2.05) is 0 Å². The molecule has 0 aliphatic rings. The lowest BCUT2D eigenvalue weighted by Crippen LogP contribution is -2.63. The highest BCUT2D eigenvalue weighted by Gasteiger charge is 2.83. The maximum absolute atomic E-state index is 13.5. The quantitative estimate of drug-likeness (QED) is 0.553. The van der Waals surface area contributed by atoms with Gasteiger partial charge in [-0.2, -0.15) is 39.5 Å². The Labute approximate surface area is 124 Å². The molecule has 0 spiro atoms. The van der Waals surface area contributed by atoms with Gasteiger partial charge >= 0.3 is 23.9 Å². The molecule has 0 atom stereocenters. The molecule has 130 valence electrons. The Morgan fingerprint density at radius 3 is 1.70 bits per heavy atom. The first-order valence-electron chi connectivity index (χ1n) is 5.89. The summed E-state index contributed by atoms with van der Waals surface area (Å²) in [4.78, 5) is 11.5. The predicted octanol–water partition coefficient (Wildman–Crippen LogP) is 4.95. The van der Waals surface area contributed by atoms with E-state index >= 15 is 0 Å². The highest BCUT2D eigenvalue weighted by Crippen LogP contribution is 2.53. The van der Waals surface area contributed by atoms with Crippen LogP contribution in [0.5, 0.6) is 0 Å². The van der Waals surface area contributed by atoms with Crippen molar-refractivity contribution in [2.75, 3.05) is 0 Å². The van der Waals surface area contributed by atoms with Crippen molar-refractivity contribution in [3.8, 4) is 0 Å². The Kier molecular flexibility index (Phi) is 4.54. The number of carbonyl (C=O) groups excluding carboxylic acids is 1. The molecule has 0 aromatic heterocycles. The minimum atomic E-state index is -7.09. The van der Waals surface area contributed by atoms with Crippen molar-refractivity contribution in [1.29, 1.82) is 0 Å². The molecule has 10 heteroatoms. The average molecular weight is 352 g/mol. The Morgan fingerprint density at radius 2 is 1.30 bits per heavy atom. The van der Waals surface area contributed by atoms with Crippen molar-refractivity contribution in [2.24, 2.45) is 0 Å². The first-order chi connectivity index (χ1) is 10.1. The minimum Gasteiger partial charge on any atom is -0.287 e. The number of ketones is 1. The molecule has 0 bridgehead atoms. The van der Waals surface area contributed by atoms with E-state index in [1.165, 1.54) is 6.92 Å². The summed E-state index contributed by atoms with van der Waals surface area (Å²) in [5.41, 5.74) is -0.895. The zero-order valence-corrected chi connectivity index (χ0v) is 11.5. The van der Waals surface area contributed by atoms with Crippen molar-refractivity contribution in [3.05, 3.63) is 34.9 Å². The number of alkyl halides is 9. The fourth-order valence-electron chi connectivity index (χ4n) is 1.76. The molecular formula is C13H9F9O. The Balaban J connectivity index is 3.42. The maximum atomic E-state index is 13.5. The van der Waals surface area contributed by atoms with Crippen LogP contribution >= 0.6 is 0 Å². The van der Waals surface area contributed by atoms with Crippen LogP contribution in [0.1, 0.15) is 21.5 Å². The second-order valence-electron chi connectivity index (χ2n) is 4.87. The third kappa shape index (κ3) is 2.90. The monoisotopic (exact) mass is 352 g/mol. The molecule has 0 N–H and O–H groups in total. The van der Waals surface area contributed by atoms with Gasteiger partial charge in [0.05, 0.1) is 0 Å². The molecule has 0 aliphatic heterocycles. The number of benzene rings is 1. The van der Waals surface area contributed by atoms with E-state index in [1.54, 1.807) is 0 Å². The van der Waals surface area contributed by atoms with Crippen LogP contribution in [0, 0.1) is 13.8 Å². The molecule has 0 saturated heterocycles. The zero-order chi connectivity index (χ0) is 18.4. The normalized spacial score (nSPS) is 14.0. The summed E-state index contributed by atoms with van der Waals surface area (Å²) in [7, 11) is 0. The average Bonchev–Trinajstić information content (AvgIpc) is 2.36. The van der Waals surface area contributed by atoms with Crippen LogP contribution in [0.25, 0.3) is 0 Å². The van der Waals surface area contributed by atoms with Gasteiger partial charge in [-0.05, 0) is 19.4 Å². The zero-order valence-electron chi connectivity index (χ0n) is 11.5. The Morgan fingerprint density at radius 1 is 0.826 bits per heavy atom. The molecule has 23 heavy (non-hydrogen) atoms.